The number of ether oxygens (including phenoxy) is 1. The summed E-state index contributed by atoms with van der Waals surface area (Å²) in [6, 6.07) is 7.36. The maximum Gasteiger partial charge on any atom is 0.216 e. The summed E-state index contributed by atoms with van der Waals surface area (Å²) in [5.74, 6) is 0.00759. The fourth-order valence-electron chi connectivity index (χ4n) is 2.32. The van der Waals surface area contributed by atoms with Crippen LogP contribution in [-0.4, -0.2) is 27.2 Å². The Hall–Kier alpha value is -0.950. The Bertz CT molecular complexity index is 522. The highest BCUT2D eigenvalue weighted by atomic mass is 32.2. The quantitative estimate of drug-likeness (QED) is 0.790. The molecule has 6 heteroatoms. The summed E-state index contributed by atoms with van der Waals surface area (Å²) in [6.07, 6.45) is 1.73. The van der Waals surface area contributed by atoms with Gasteiger partial charge in [0.25, 0.3) is 0 Å². The minimum atomic E-state index is -3.29. The van der Waals surface area contributed by atoms with Gasteiger partial charge in [0.15, 0.2) is 0 Å². The van der Waals surface area contributed by atoms with Crippen molar-refractivity contribution in [2.45, 2.75) is 44.2 Å². The second-order valence-corrected chi connectivity index (χ2v) is 6.90. The zero-order valence-electron chi connectivity index (χ0n) is 11.7. The molecule has 5 nitrogen and oxygen atoms in total. The van der Waals surface area contributed by atoms with E-state index >= 15 is 0 Å². The van der Waals surface area contributed by atoms with Gasteiger partial charge in [-0.2, -0.15) is 0 Å². The molecule has 0 aromatic heterocycles. The Kier molecular flexibility index (Phi) is 5.15. The summed E-state index contributed by atoms with van der Waals surface area (Å²) in [5, 5.41) is 0. The van der Waals surface area contributed by atoms with E-state index in [-0.39, 0.29) is 17.9 Å². The predicted octanol–water partition coefficient (Wildman–Crippen LogP) is 1.13. The zero-order chi connectivity index (χ0) is 14.6. The van der Waals surface area contributed by atoms with Crippen LogP contribution in [0, 0.1) is 0 Å². The summed E-state index contributed by atoms with van der Waals surface area (Å²) in [5.41, 5.74) is 7.29. The summed E-state index contributed by atoms with van der Waals surface area (Å²) in [4.78, 5) is 0. The average molecular weight is 298 g/mol. The van der Waals surface area contributed by atoms with Crippen LogP contribution in [-0.2, 0) is 27.1 Å². The van der Waals surface area contributed by atoms with E-state index in [4.69, 9.17) is 10.5 Å². The molecule has 3 N–H and O–H groups in total. The van der Waals surface area contributed by atoms with Crippen LogP contribution in [0.4, 0.5) is 0 Å². The third kappa shape index (κ3) is 4.28. The van der Waals surface area contributed by atoms with Crippen molar-refractivity contribution in [3.8, 4) is 0 Å². The van der Waals surface area contributed by atoms with E-state index in [2.05, 4.69) is 4.72 Å². The maximum atomic E-state index is 12.0. The van der Waals surface area contributed by atoms with Gasteiger partial charge >= 0.3 is 0 Å². The topological polar surface area (TPSA) is 81.4 Å². The van der Waals surface area contributed by atoms with Gasteiger partial charge in [0.2, 0.25) is 10.0 Å². The second kappa shape index (κ2) is 6.67. The Morgan fingerprint density at radius 1 is 1.25 bits per heavy atom. The third-order valence-electron chi connectivity index (χ3n) is 3.46. The summed E-state index contributed by atoms with van der Waals surface area (Å²) < 4.78 is 32.2. The fourth-order valence-corrected chi connectivity index (χ4v) is 3.74. The van der Waals surface area contributed by atoms with Crippen molar-refractivity contribution >= 4 is 10.0 Å². The molecule has 0 amide bonds. The van der Waals surface area contributed by atoms with Crippen molar-refractivity contribution < 1.29 is 13.2 Å². The van der Waals surface area contributed by atoms with Gasteiger partial charge in [-0.15, -0.1) is 0 Å². The van der Waals surface area contributed by atoms with E-state index in [1.165, 1.54) is 0 Å². The first-order valence-electron chi connectivity index (χ1n) is 6.92. The van der Waals surface area contributed by atoms with Crippen molar-refractivity contribution in [1.29, 1.82) is 0 Å². The molecule has 1 aliphatic carbocycles. The van der Waals surface area contributed by atoms with Gasteiger partial charge in [0.05, 0.1) is 11.9 Å². The van der Waals surface area contributed by atoms with Crippen molar-refractivity contribution in [2.75, 3.05) is 6.61 Å². The molecule has 0 spiro atoms. The van der Waals surface area contributed by atoms with Crippen LogP contribution in [0.1, 0.15) is 30.9 Å². The molecule has 20 heavy (non-hydrogen) atoms. The molecule has 0 atom stereocenters. The third-order valence-corrected chi connectivity index (χ3v) is 4.86. The number of sulfonamides is 1. The molecule has 0 aliphatic heterocycles. The Morgan fingerprint density at radius 2 is 1.85 bits per heavy atom. The zero-order valence-corrected chi connectivity index (χ0v) is 12.5. The van der Waals surface area contributed by atoms with Crippen LogP contribution in [0.15, 0.2) is 24.3 Å². The SMILES string of the molecule is CCOC1CC(NS(=O)(=O)Cc2ccc(CN)cc2)C1. The van der Waals surface area contributed by atoms with Crippen LogP contribution >= 0.6 is 0 Å². The molecule has 1 aromatic carbocycles. The molecule has 0 bridgehead atoms. The summed E-state index contributed by atoms with van der Waals surface area (Å²) >= 11 is 0. The molecule has 1 saturated carbocycles. The van der Waals surface area contributed by atoms with Crippen molar-refractivity contribution in [3.63, 3.8) is 0 Å². The number of hydrogen-bond acceptors (Lipinski definition) is 4. The molecule has 1 aliphatic rings. The lowest BCUT2D eigenvalue weighted by Gasteiger charge is -2.35. The number of nitrogens with one attached hydrogen (secondary N) is 1. The van der Waals surface area contributed by atoms with Crippen LogP contribution in [0.3, 0.4) is 0 Å². The monoisotopic (exact) mass is 298 g/mol. The predicted molar refractivity (Wildman–Crippen MR) is 78.5 cm³/mol. The summed E-state index contributed by atoms with van der Waals surface area (Å²) in [7, 11) is -3.29. The average Bonchev–Trinajstić information content (AvgIpc) is 2.36. The van der Waals surface area contributed by atoms with Gasteiger partial charge in [0.1, 0.15) is 0 Å². The van der Waals surface area contributed by atoms with E-state index in [1.54, 1.807) is 0 Å². The van der Waals surface area contributed by atoms with Crippen molar-refractivity contribution in [2.24, 2.45) is 5.73 Å². The van der Waals surface area contributed by atoms with Crippen LogP contribution in [0.2, 0.25) is 0 Å². The molecule has 0 saturated heterocycles. The standard InChI is InChI=1S/C14H22N2O3S/c1-2-19-14-7-13(8-14)16-20(17,18)10-12-5-3-11(9-15)4-6-12/h3-6,13-14,16H,2,7-10,15H2,1H3. The Balaban J connectivity index is 1.85. The van der Waals surface area contributed by atoms with Crippen molar-refractivity contribution in [3.05, 3.63) is 35.4 Å². The van der Waals surface area contributed by atoms with E-state index < -0.39 is 10.0 Å². The number of benzene rings is 1. The number of hydrogen-bond donors (Lipinski definition) is 2. The molecule has 0 unspecified atom stereocenters. The highest BCUT2D eigenvalue weighted by molar-refractivity contribution is 7.88. The number of nitrogens with two attached hydrogens (primary N) is 1. The van der Waals surface area contributed by atoms with E-state index in [1.807, 2.05) is 31.2 Å². The molecule has 1 aromatic rings. The fraction of sp³-hybridized carbons (Fsp3) is 0.571. The van der Waals surface area contributed by atoms with Gasteiger partial charge in [-0.1, -0.05) is 24.3 Å². The molecule has 0 heterocycles. The van der Waals surface area contributed by atoms with Crippen LogP contribution in [0.5, 0.6) is 0 Å². The lowest BCUT2D eigenvalue weighted by atomic mass is 9.90. The van der Waals surface area contributed by atoms with Crippen LogP contribution < -0.4 is 10.5 Å². The molecule has 112 valence electrons. The van der Waals surface area contributed by atoms with Crippen LogP contribution in [0.25, 0.3) is 0 Å². The minimum Gasteiger partial charge on any atom is -0.378 e. The van der Waals surface area contributed by atoms with Gasteiger partial charge in [-0.3, -0.25) is 0 Å². The normalized spacial score (nSPS) is 22.5. The van der Waals surface area contributed by atoms with Gasteiger partial charge in [-0.05, 0) is 30.9 Å². The van der Waals surface area contributed by atoms with E-state index in [0.717, 1.165) is 24.0 Å². The number of rotatable bonds is 7. The first-order chi connectivity index (χ1) is 9.52. The minimum absolute atomic E-state index is 0.00759. The molecule has 1 fully saturated rings. The van der Waals surface area contributed by atoms with E-state index in [0.29, 0.717) is 13.2 Å². The Labute approximate surface area is 120 Å². The summed E-state index contributed by atoms with van der Waals surface area (Å²) in [6.45, 7) is 3.09. The first kappa shape index (κ1) is 15.4. The molecule has 2 rings (SSSR count). The Morgan fingerprint density at radius 3 is 2.40 bits per heavy atom. The molecule has 0 radical (unpaired) electrons. The highest BCUT2D eigenvalue weighted by Crippen LogP contribution is 2.24. The smallest absolute Gasteiger partial charge is 0.216 e. The van der Waals surface area contributed by atoms with Gasteiger partial charge < -0.3 is 10.5 Å². The van der Waals surface area contributed by atoms with Gasteiger partial charge in [-0.25, -0.2) is 13.1 Å². The largest absolute Gasteiger partial charge is 0.378 e. The molecular weight excluding hydrogens is 276 g/mol. The first-order valence-corrected chi connectivity index (χ1v) is 8.57. The van der Waals surface area contributed by atoms with E-state index in [9.17, 15) is 8.42 Å². The lowest BCUT2D eigenvalue weighted by Crippen LogP contribution is -2.48. The highest BCUT2D eigenvalue weighted by Gasteiger charge is 2.32. The van der Waals surface area contributed by atoms with Gasteiger partial charge in [0, 0.05) is 19.2 Å². The lowest BCUT2D eigenvalue weighted by molar-refractivity contribution is -0.00476. The maximum absolute atomic E-state index is 12.0. The van der Waals surface area contributed by atoms with Crippen molar-refractivity contribution in [1.82, 2.24) is 4.72 Å². The molecular formula is C14H22N2O3S. The second-order valence-electron chi connectivity index (χ2n) is 5.14.